The minimum atomic E-state index is -0.0785. The number of carbonyl (C=O) groups is 1. The Kier molecular flexibility index (Phi) is 4.93. The number of amidine groups is 1. The molecule has 0 aromatic heterocycles. The van der Waals surface area contributed by atoms with Crippen LogP contribution >= 0.6 is 11.6 Å². The molecule has 3 rings (SSSR count). The van der Waals surface area contributed by atoms with Gasteiger partial charge in [-0.2, -0.15) is 0 Å². The summed E-state index contributed by atoms with van der Waals surface area (Å²) in [4.78, 5) is 16.4. The van der Waals surface area contributed by atoms with Crippen molar-refractivity contribution in [3.8, 4) is 0 Å². The highest BCUT2D eigenvalue weighted by Gasteiger charge is 2.13. The Hall–Kier alpha value is -2.33. The number of fused-ring (bicyclic) bond motifs is 1. The van der Waals surface area contributed by atoms with Crippen molar-refractivity contribution < 1.29 is 4.79 Å². The molecule has 2 aromatic rings. The molecule has 23 heavy (non-hydrogen) atoms. The zero-order valence-electron chi connectivity index (χ0n) is 12.7. The van der Waals surface area contributed by atoms with E-state index in [9.17, 15) is 4.79 Å². The van der Waals surface area contributed by atoms with Gasteiger partial charge in [0.25, 0.3) is 5.91 Å². The van der Waals surface area contributed by atoms with Crippen LogP contribution in [-0.2, 0) is 6.54 Å². The van der Waals surface area contributed by atoms with E-state index in [0.29, 0.717) is 17.1 Å². The molecule has 0 fully saturated rings. The normalized spacial score (nSPS) is 12.5. The Balaban J connectivity index is 1.39. The molecule has 0 spiro atoms. The monoisotopic (exact) mass is 327 g/mol. The summed E-state index contributed by atoms with van der Waals surface area (Å²) in [5, 5.41) is 6.87. The SMILES string of the molecule is O=C(NCCCNC1=NCc2ccccc21)c1ccc(Cl)cc1. The first-order valence-corrected chi connectivity index (χ1v) is 8.02. The van der Waals surface area contributed by atoms with E-state index >= 15 is 0 Å². The first kappa shape index (κ1) is 15.6. The highest BCUT2D eigenvalue weighted by Crippen LogP contribution is 2.16. The average molecular weight is 328 g/mol. The summed E-state index contributed by atoms with van der Waals surface area (Å²) in [6.07, 6.45) is 0.834. The van der Waals surface area contributed by atoms with Gasteiger partial charge in [0.1, 0.15) is 5.84 Å². The maximum atomic E-state index is 11.9. The van der Waals surface area contributed by atoms with Crippen LogP contribution in [0.15, 0.2) is 53.5 Å². The largest absolute Gasteiger partial charge is 0.370 e. The van der Waals surface area contributed by atoms with E-state index < -0.39 is 0 Å². The van der Waals surface area contributed by atoms with Gasteiger partial charge in [0.05, 0.1) is 6.54 Å². The van der Waals surface area contributed by atoms with Gasteiger partial charge in [-0.15, -0.1) is 0 Å². The van der Waals surface area contributed by atoms with Crippen molar-refractivity contribution in [2.24, 2.45) is 4.99 Å². The molecule has 0 radical (unpaired) electrons. The van der Waals surface area contributed by atoms with Gasteiger partial charge < -0.3 is 10.6 Å². The summed E-state index contributed by atoms with van der Waals surface area (Å²) < 4.78 is 0. The van der Waals surface area contributed by atoms with Crippen LogP contribution in [0.25, 0.3) is 0 Å². The Morgan fingerprint density at radius 2 is 1.87 bits per heavy atom. The molecule has 118 valence electrons. The first-order chi connectivity index (χ1) is 11.2. The number of nitrogens with zero attached hydrogens (tertiary/aromatic N) is 1. The van der Waals surface area contributed by atoms with E-state index in [4.69, 9.17) is 11.6 Å². The summed E-state index contributed by atoms with van der Waals surface area (Å²) in [5.74, 6) is 0.870. The second-order valence-electron chi connectivity index (χ2n) is 5.37. The Morgan fingerprint density at radius 3 is 2.70 bits per heavy atom. The third-order valence-corrected chi connectivity index (χ3v) is 3.97. The van der Waals surface area contributed by atoms with E-state index in [-0.39, 0.29) is 5.91 Å². The van der Waals surface area contributed by atoms with E-state index in [1.807, 2.05) is 12.1 Å². The van der Waals surface area contributed by atoms with Crippen LogP contribution in [0.1, 0.15) is 27.9 Å². The number of benzene rings is 2. The zero-order valence-corrected chi connectivity index (χ0v) is 13.4. The lowest BCUT2D eigenvalue weighted by Crippen LogP contribution is -2.29. The lowest BCUT2D eigenvalue weighted by molar-refractivity contribution is 0.0953. The number of amides is 1. The number of aliphatic imine (C=N–C) groups is 1. The van der Waals surface area contributed by atoms with Crippen LogP contribution < -0.4 is 10.6 Å². The van der Waals surface area contributed by atoms with Gasteiger partial charge in [-0.05, 0) is 36.2 Å². The predicted molar refractivity (Wildman–Crippen MR) is 93.1 cm³/mol. The Labute approximate surface area is 140 Å². The summed E-state index contributed by atoms with van der Waals surface area (Å²) >= 11 is 5.81. The van der Waals surface area contributed by atoms with Gasteiger partial charge >= 0.3 is 0 Å². The van der Waals surface area contributed by atoms with Gasteiger partial charge in [-0.25, -0.2) is 0 Å². The fraction of sp³-hybridized carbons (Fsp3) is 0.222. The second-order valence-corrected chi connectivity index (χ2v) is 5.80. The molecule has 2 aromatic carbocycles. The highest BCUT2D eigenvalue weighted by atomic mass is 35.5. The van der Waals surface area contributed by atoms with E-state index in [0.717, 1.165) is 25.3 Å². The zero-order chi connectivity index (χ0) is 16.1. The topological polar surface area (TPSA) is 53.5 Å². The fourth-order valence-corrected chi connectivity index (χ4v) is 2.62. The predicted octanol–water partition coefficient (Wildman–Crippen LogP) is 3.01. The molecule has 0 saturated carbocycles. The summed E-state index contributed by atoms with van der Waals surface area (Å²) in [6, 6.07) is 15.1. The van der Waals surface area contributed by atoms with Crippen molar-refractivity contribution in [2.45, 2.75) is 13.0 Å². The molecule has 1 aliphatic rings. The third-order valence-electron chi connectivity index (χ3n) is 3.72. The van der Waals surface area contributed by atoms with E-state index in [1.165, 1.54) is 11.1 Å². The van der Waals surface area contributed by atoms with Crippen molar-refractivity contribution >= 4 is 23.3 Å². The average Bonchev–Trinajstić information content (AvgIpc) is 2.98. The van der Waals surface area contributed by atoms with Gasteiger partial charge in [0, 0.05) is 29.2 Å². The van der Waals surface area contributed by atoms with Crippen molar-refractivity contribution in [3.05, 3.63) is 70.2 Å². The van der Waals surface area contributed by atoms with Crippen LogP contribution in [0, 0.1) is 0 Å². The highest BCUT2D eigenvalue weighted by molar-refractivity contribution is 6.30. The van der Waals surface area contributed by atoms with Gasteiger partial charge in [-0.3, -0.25) is 9.79 Å². The number of hydrogen-bond donors (Lipinski definition) is 2. The summed E-state index contributed by atoms with van der Waals surface area (Å²) in [5.41, 5.74) is 3.06. The van der Waals surface area contributed by atoms with Gasteiger partial charge in [-0.1, -0.05) is 35.9 Å². The van der Waals surface area contributed by atoms with E-state index in [1.54, 1.807) is 24.3 Å². The van der Waals surface area contributed by atoms with Gasteiger partial charge in [0.2, 0.25) is 0 Å². The summed E-state index contributed by atoms with van der Waals surface area (Å²) in [7, 11) is 0. The Morgan fingerprint density at radius 1 is 1.09 bits per heavy atom. The van der Waals surface area contributed by atoms with E-state index in [2.05, 4.69) is 27.8 Å². The molecule has 1 amide bonds. The molecule has 0 saturated heterocycles. The molecule has 0 unspecified atom stereocenters. The quantitative estimate of drug-likeness (QED) is 0.829. The van der Waals surface area contributed by atoms with Crippen LogP contribution in [0.3, 0.4) is 0 Å². The molecule has 1 heterocycles. The minimum absolute atomic E-state index is 0.0785. The number of carbonyl (C=O) groups excluding carboxylic acids is 1. The van der Waals surface area contributed by atoms with Crippen LogP contribution in [0.2, 0.25) is 5.02 Å². The first-order valence-electron chi connectivity index (χ1n) is 7.64. The molecule has 1 aliphatic heterocycles. The van der Waals surface area contributed by atoms with Crippen molar-refractivity contribution in [3.63, 3.8) is 0 Å². The number of hydrogen-bond acceptors (Lipinski definition) is 3. The minimum Gasteiger partial charge on any atom is -0.370 e. The van der Waals surface area contributed by atoms with Crippen LogP contribution in [0.5, 0.6) is 0 Å². The standard InChI is InChI=1S/C18H18ClN3O/c19-15-8-6-13(7-9-15)18(23)21-11-3-10-20-17-16-5-2-1-4-14(16)12-22-17/h1-2,4-9H,3,10-12H2,(H,20,22)(H,21,23). The van der Waals surface area contributed by atoms with Crippen molar-refractivity contribution in [1.82, 2.24) is 10.6 Å². The lowest BCUT2D eigenvalue weighted by atomic mass is 10.1. The summed E-state index contributed by atoms with van der Waals surface area (Å²) in [6.45, 7) is 2.13. The molecular formula is C18H18ClN3O. The number of rotatable bonds is 5. The molecule has 5 heteroatoms. The lowest BCUT2D eigenvalue weighted by Gasteiger charge is -2.08. The molecule has 2 N–H and O–H groups in total. The third kappa shape index (κ3) is 3.90. The molecular weight excluding hydrogens is 310 g/mol. The molecule has 0 atom stereocenters. The molecule has 0 bridgehead atoms. The maximum absolute atomic E-state index is 11.9. The van der Waals surface area contributed by atoms with Crippen LogP contribution in [0.4, 0.5) is 0 Å². The van der Waals surface area contributed by atoms with Gasteiger partial charge in [0.15, 0.2) is 0 Å². The number of halogens is 1. The Bertz CT molecular complexity index is 725. The van der Waals surface area contributed by atoms with Crippen LogP contribution in [-0.4, -0.2) is 24.8 Å². The molecule has 4 nitrogen and oxygen atoms in total. The second kappa shape index (κ2) is 7.29. The molecule has 0 aliphatic carbocycles. The van der Waals surface area contributed by atoms with Crippen molar-refractivity contribution in [1.29, 1.82) is 0 Å². The number of nitrogens with one attached hydrogen (secondary N) is 2. The van der Waals surface area contributed by atoms with Crippen molar-refractivity contribution in [2.75, 3.05) is 13.1 Å². The smallest absolute Gasteiger partial charge is 0.251 e. The fourth-order valence-electron chi connectivity index (χ4n) is 2.49. The maximum Gasteiger partial charge on any atom is 0.251 e.